The lowest BCUT2D eigenvalue weighted by molar-refractivity contribution is 0.455. The predicted molar refractivity (Wildman–Crippen MR) is 80.1 cm³/mol. The molecular formula is C15H15N3O2S. The normalized spacial score (nSPS) is 22.1. The highest BCUT2D eigenvalue weighted by Gasteiger charge is 2.38. The Hall–Kier alpha value is -1.92. The van der Waals surface area contributed by atoms with Gasteiger partial charge in [-0.3, -0.25) is 4.98 Å². The van der Waals surface area contributed by atoms with E-state index >= 15 is 0 Å². The highest BCUT2D eigenvalue weighted by Crippen LogP contribution is 2.31. The van der Waals surface area contributed by atoms with Gasteiger partial charge in [0.2, 0.25) is 10.0 Å². The Bertz CT molecular complexity index is 840. The Morgan fingerprint density at radius 3 is 2.95 bits per heavy atom. The highest BCUT2D eigenvalue weighted by atomic mass is 32.2. The van der Waals surface area contributed by atoms with Gasteiger partial charge in [-0.15, -0.1) is 0 Å². The Kier molecular flexibility index (Phi) is 2.77. The summed E-state index contributed by atoms with van der Waals surface area (Å²) in [6, 6.07) is 8.99. The van der Waals surface area contributed by atoms with Gasteiger partial charge in [-0.2, -0.15) is 4.31 Å². The van der Waals surface area contributed by atoms with Crippen molar-refractivity contribution in [2.45, 2.75) is 4.90 Å². The molecule has 21 heavy (non-hydrogen) atoms. The molecule has 6 heteroatoms. The molecule has 1 aromatic heterocycles. The van der Waals surface area contributed by atoms with Gasteiger partial charge in [0.1, 0.15) is 4.90 Å². The Labute approximate surface area is 123 Å². The maximum absolute atomic E-state index is 12.9. The smallest absolute Gasteiger partial charge is 0.245 e. The number of hydrogen-bond acceptors (Lipinski definition) is 4. The fraction of sp³-hybridized carbons (Fsp3) is 0.267. The Morgan fingerprint density at radius 1 is 1.24 bits per heavy atom. The monoisotopic (exact) mass is 301 g/mol. The number of sulfonamides is 1. The third-order valence-corrected chi connectivity index (χ3v) is 6.02. The van der Waals surface area contributed by atoms with Crippen LogP contribution in [-0.2, 0) is 10.0 Å². The van der Waals surface area contributed by atoms with Crippen LogP contribution >= 0.6 is 0 Å². The summed E-state index contributed by atoms with van der Waals surface area (Å²) >= 11 is 0. The Morgan fingerprint density at radius 2 is 2.10 bits per heavy atom. The maximum atomic E-state index is 12.9. The fourth-order valence-corrected chi connectivity index (χ4v) is 4.70. The summed E-state index contributed by atoms with van der Waals surface area (Å²) in [6.07, 6.45) is 3.58. The van der Waals surface area contributed by atoms with Crippen LogP contribution in [0.4, 0.5) is 0 Å². The number of nitrogens with one attached hydrogen (secondary N) is 1. The predicted octanol–water partition coefficient (Wildman–Crippen LogP) is 1.34. The van der Waals surface area contributed by atoms with Crippen LogP contribution < -0.4 is 5.32 Å². The quantitative estimate of drug-likeness (QED) is 0.909. The van der Waals surface area contributed by atoms with Gasteiger partial charge >= 0.3 is 0 Å². The molecule has 0 amide bonds. The minimum Gasteiger partial charge on any atom is -0.390 e. The lowest BCUT2D eigenvalue weighted by Gasteiger charge is -2.17. The molecule has 4 rings (SSSR count). The van der Waals surface area contributed by atoms with Gasteiger partial charge in [-0.25, -0.2) is 8.42 Å². The molecular weight excluding hydrogens is 286 g/mol. The number of pyridine rings is 1. The van der Waals surface area contributed by atoms with Gasteiger partial charge in [0.15, 0.2) is 0 Å². The molecule has 1 fully saturated rings. The zero-order valence-corrected chi connectivity index (χ0v) is 12.2. The van der Waals surface area contributed by atoms with Crippen molar-refractivity contribution in [3.8, 4) is 0 Å². The minimum atomic E-state index is -3.51. The van der Waals surface area contributed by atoms with Crippen molar-refractivity contribution in [3.63, 3.8) is 0 Å². The summed E-state index contributed by atoms with van der Waals surface area (Å²) in [7, 11) is -3.51. The molecule has 0 aliphatic carbocycles. The van der Waals surface area contributed by atoms with Crippen LogP contribution in [0.5, 0.6) is 0 Å². The van der Waals surface area contributed by atoms with Gasteiger partial charge < -0.3 is 5.32 Å². The number of nitrogens with zero attached hydrogens (tertiary/aromatic N) is 2. The van der Waals surface area contributed by atoms with E-state index in [1.165, 1.54) is 5.57 Å². The van der Waals surface area contributed by atoms with Crippen molar-refractivity contribution in [2.75, 3.05) is 19.6 Å². The van der Waals surface area contributed by atoms with Crippen LogP contribution in [0.3, 0.4) is 0 Å². The van der Waals surface area contributed by atoms with Crippen LogP contribution in [0.2, 0.25) is 0 Å². The SMILES string of the molecule is O=S(=O)(c1cccc2cccnc12)N1CC2=CNCC2C1. The van der Waals surface area contributed by atoms with Crippen molar-refractivity contribution in [1.29, 1.82) is 0 Å². The molecule has 0 spiro atoms. The van der Waals surface area contributed by atoms with E-state index in [4.69, 9.17) is 0 Å². The van der Waals surface area contributed by atoms with Gasteiger partial charge in [0.05, 0.1) is 5.52 Å². The van der Waals surface area contributed by atoms with Crippen LogP contribution in [0.25, 0.3) is 10.9 Å². The largest absolute Gasteiger partial charge is 0.390 e. The van der Waals surface area contributed by atoms with Gasteiger partial charge in [-0.05, 0) is 23.9 Å². The van der Waals surface area contributed by atoms with Crippen molar-refractivity contribution in [2.24, 2.45) is 5.92 Å². The first-order valence-electron chi connectivity index (χ1n) is 6.92. The zero-order valence-electron chi connectivity index (χ0n) is 11.4. The van der Waals surface area contributed by atoms with Gasteiger partial charge in [0.25, 0.3) is 0 Å². The van der Waals surface area contributed by atoms with E-state index in [2.05, 4.69) is 10.3 Å². The molecule has 3 heterocycles. The van der Waals surface area contributed by atoms with Crippen LogP contribution in [0.1, 0.15) is 0 Å². The van der Waals surface area contributed by atoms with Crippen molar-refractivity contribution in [1.82, 2.24) is 14.6 Å². The minimum absolute atomic E-state index is 0.300. The average molecular weight is 301 g/mol. The first-order chi connectivity index (χ1) is 10.2. The molecule has 5 nitrogen and oxygen atoms in total. The molecule has 1 aromatic carbocycles. The fourth-order valence-electron chi connectivity index (χ4n) is 3.06. The molecule has 0 saturated carbocycles. The van der Waals surface area contributed by atoms with Crippen LogP contribution in [-0.4, -0.2) is 37.3 Å². The summed E-state index contributed by atoms with van der Waals surface area (Å²) in [5.41, 5.74) is 1.72. The van der Waals surface area contributed by atoms with Gasteiger partial charge in [0, 0.05) is 37.1 Å². The highest BCUT2D eigenvalue weighted by molar-refractivity contribution is 7.89. The second-order valence-corrected chi connectivity index (χ2v) is 7.36. The molecule has 108 valence electrons. The lowest BCUT2D eigenvalue weighted by Crippen LogP contribution is -2.30. The molecule has 2 aliphatic heterocycles. The summed E-state index contributed by atoms with van der Waals surface area (Å²) < 4.78 is 27.4. The van der Waals surface area contributed by atoms with Gasteiger partial charge in [-0.1, -0.05) is 18.2 Å². The van der Waals surface area contributed by atoms with Crippen molar-refractivity contribution < 1.29 is 8.42 Å². The Balaban J connectivity index is 1.81. The van der Waals surface area contributed by atoms with E-state index in [1.807, 2.05) is 24.4 Å². The average Bonchev–Trinajstić information content (AvgIpc) is 3.08. The number of rotatable bonds is 2. The maximum Gasteiger partial charge on any atom is 0.245 e. The van der Waals surface area contributed by atoms with E-state index in [0.717, 1.165) is 11.9 Å². The first-order valence-corrected chi connectivity index (χ1v) is 8.36. The summed E-state index contributed by atoms with van der Waals surface area (Å²) in [5, 5.41) is 4.02. The molecule has 0 bridgehead atoms. The van der Waals surface area contributed by atoms with Crippen molar-refractivity contribution in [3.05, 3.63) is 48.3 Å². The molecule has 2 aromatic rings. The standard InChI is InChI=1S/C15H15N3O2S/c19-21(20,18-9-12-7-16-8-13(12)10-18)14-5-1-3-11-4-2-6-17-15(11)14/h1-7,13,16H,8-10H2. The molecule has 2 aliphatic rings. The summed E-state index contributed by atoms with van der Waals surface area (Å²) in [6.45, 7) is 1.85. The third kappa shape index (κ3) is 1.94. The second kappa shape index (κ2) is 4.54. The van der Waals surface area contributed by atoms with Crippen LogP contribution in [0, 0.1) is 5.92 Å². The molecule has 1 saturated heterocycles. The molecule has 1 unspecified atom stereocenters. The first kappa shape index (κ1) is 12.8. The summed E-state index contributed by atoms with van der Waals surface area (Å²) in [5.74, 6) is 0.308. The topological polar surface area (TPSA) is 62.3 Å². The van der Waals surface area contributed by atoms with E-state index in [9.17, 15) is 8.42 Å². The van der Waals surface area contributed by atoms with E-state index in [0.29, 0.717) is 29.4 Å². The zero-order chi connectivity index (χ0) is 14.4. The second-order valence-electron chi connectivity index (χ2n) is 5.45. The number of para-hydroxylation sites is 1. The number of benzene rings is 1. The number of hydrogen-bond donors (Lipinski definition) is 1. The number of fused-ring (bicyclic) bond motifs is 2. The van der Waals surface area contributed by atoms with E-state index < -0.39 is 10.0 Å². The van der Waals surface area contributed by atoms with Crippen LogP contribution in [0.15, 0.2) is 53.2 Å². The van der Waals surface area contributed by atoms with Crippen molar-refractivity contribution >= 4 is 20.9 Å². The molecule has 1 atom stereocenters. The molecule has 1 N–H and O–H groups in total. The third-order valence-electron chi connectivity index (χ3n) is 4.17. The van der Waals surface area contributed by atoms with E-state index in [-0.39, 0.29) is 0 Å². The lowest BCUT2D eigenvalue weighted by atomic mass is 10.1. The summed E-state index contributed by atoms with van der Waals surface area (Å²) in [4.78, 5) is 4.56. The molecule has 0 radical (unpaired) electrons. The van der Waals surface area contributed by atoms with E-state index in [1.54, 1.807) is 22.6 Å². The number of aromatic nitrogens is 1.